The topological polar surface area (TPSA) is 89.8 Å². The standard InChI is InChI=1S/C20H20N2O5/c1-20(19(24)27-2)10-11-21(13-20)16-9-8-15(12-17(16)22(25)26)18(23)14-6-4-3-5-7-14/h3-9,12H,10-11,13H2,1-2H3. The maximum atomic E-state index is 12.6. The van der Waals surface area contributed by atoms with Crippen LogP contribution in [0.3, 0.4) is 0 Å². The van der Waals surface area contributed by atoms with Gasteiger partial charge in [0.1, 0.15) is 5.69 Å². The van der Waals surface area contributed by atoms with Gasteiger partial charge >= 0.3 is 5.97 Å². The molecule has 3 rings (SSSR count). The summed E-state index contributed by atoms with van der Waals surface area (Å²) in [6, 6.07) is 13.1. The second-order valence-corrected chi connectivity index (χ2v) is 6.88. The van der Waals surface area contributed by atoms with Gasteiger partial charge in [-0.25, -0.2) is 0 Å². The first-order valence-electron chi connectivity index (χ1n) is 8.57. The normalized spacial score (nSPS) is 19.0. The SMILES string of the molecule is COC(=O)C1(C)CCN(c2ccc(C(=O)c3ccccc3)cc2[N+](=O)[O-])C1. The number of rotatable bonds is 5. The number of esters is 1. The molecule has 1 atom stereocenters. The van der Waals surface area contributed by atoms with Crippen LogP contribution in [0.2, 0.25) is 0 Å². The Morgan fingerprint density at radius 3 is 2.48 bits per heavy atom. The van der Waals surface area contributed by atoms with Crippen LogP contribution < -0.4 is 4.90 Å². The fraction of sp³-hybridized carbons (Fsp3) is 0.300. The Morgan fingerprint density at radius 1 is 1.15 bits per heavy atom. The molecule has 0 aromatic heterocycles. The van der Waals surface area contributed by atoms with Crippen molar-refractivity contribution in [3.05, 3.63) is 69.8 Å². The Labute approximate surface area is 156 Å². The molecule has 1 saturated heterocycles. The third-order valence-corrected chi connectivity index (χ3v) is 4.96. The lowest BCUT2D eigenvalue weighted by Gasteiger charge is -2.23. The molecular formula is C20H20N2O5. The van der Waals surface area contributed by atoms with Gasteiger partial charge in [-0.3, -0.25) is 19.7 Å². The molecule has 0 aliphatic carbocycles. The Morgan fingerprint density at radius 2 is 1.85 bits per heavy atom. The first-order valence-corrected chi connectivity index (χ1v) is 8.57. The summed E-state index contributed by atoms with van der Waals surface area (Å²) < 4.78 is 4.85. The van der Waals surface area contributed by atoms with Gasteiger partial charge in [-0.1, -0.05) is 30.3 Å². The number of ether oxygens (including phenoxy) is 1. The number of carbonyl (C=O) groups excluding carboxylic acids is 2. The van der Waals surface area contributed by atoms with Crippen molar-refractivity contribution < 1.29 is 19.2 Å². The van der Waals surface area contributed by atoms with Gasteiger partial charge in [0.05, 0.1) is 17.4 Å². The lowest BCUT2D eigenvalue weighted by molar-refractivity contribution is -0.384. The van der Waals surface area contributed by atoms with Gasteiger partial charge in [-0.05, 0) is 25.5 Å². The molecule has 1 aliphatic rings. The molecule has 140 valence electrons. The summed E-state index contributed by atoms with van der Waals surface area (Å²) in [5.74, 6) is -0.602. The van der Waals surface area contributed by atoms with E-state index in [0.717, 1.165) is 0 Å². The maximum absolute atomic E-state index is 12.6. The lowest BCUT2D eigenvalue weighted by atomic mass is 9.90. The van der Waals surface area contributed by atoms with Gasteiger partial charge in [-0.15, -0.1) is 0 Å². The quantitative estimate of drug-likeness (QED) is 0.348. The summed E-state index contributed by atoms with van der Waals surface area (Å²) in [4.78, 5) is 37.5. The molecule has 0 spiro atoms. The van der Waals surface area contributed by atoms with Crippen molar-refractivity contribution in [3.63, 3.8) is 0 Å². The molecule has 0 saturated carbocycles. The molecule has 2 aromatic rings. The third kappa shape index (κ3) is 3.53. The van der Waals surface area contributed by atoms with E-state index in [9.17, 15) is 19.7 Å². The Kier molecular flexibility index (Phi) is 4.94. The zero-order valence-electron chi connectivity index (χ0n) is 15.2. The van der Waals surface area contributed by atoms with Crippen LogP contribution in [0.15, 0.2) is 48.5 Å². The average Bonchev–Trinajstić information content (AvgIpc) is 3.10. The fourth-order valence-corrected chi connectivity index (χ4v) is 3.41. The number of ketones is 1. The van der Waals surface area contributed by atoms with Crippen LogP contribution in [-0.2, 0) is 9.53 Å². The number of hydrogen-bond acceptors (Lipinski definition) is 6. The van der Waals surface area contributed by atoms with Gasteiger partial charge in [0.2, 0.25) is 0 Å². The second-order valence-electron chi connectivity index (χ2n) is 6.88. The molecule has 1 aliphatic heterocycles. The summed E-state index contributed by atoms with van der Waals surface area (Å²) in [7, 11) is 1.34. The number of nitro benzene ring substituents is 1. The number of anilines is 1. The summed E-state index contributed by atoms with van der Waals surface area (Å²) in [5, 5.41) is 11.6. The smallest absolute Gasteiger partial charge is 0.313 e. The van der Waals surface area contributed by atoms with E-state index in [1.54, 1.807) is 54.3 Å². The highest BCUT2D eigenvalue weighted by molar-refractivity contribution is 6.09. The summed E-state index contributed by atoms with van der Waals surface area (Å²) in [6.07, 6.45) is 0.543. The van der Waals surface area contributed by atoms with Crippen LogP contribution in [0.5, 0.6) is 0 Å². The number of methoxy groups -OCH3 is 1. The largest absolute Gasteiger partial charge is 0.469 e. The Bertz CT molecular complexity index is 897. The van der Waals surface area contributed by atoms with E-state index in [1.165, 1.54) is 13.2 Å². The highest BCUT2D eigenvalue weighted by Crippen LogP contribution is 2.38. The minimum Gasteiger partial charge on any atom is -0.469 e. The van der Waals surface area contributed by atoms with Crippen LogP contribution in [0.1, 0.15) is 29.3 Å². The number of benzene rings is 2. The van der Waals surface area contributed by atoms with Gasteiger partial charge in [0.15, 0.2) is 5.78 Å². The zero-order valence-corrected chi connectivity index (χ0v) is 15.2. The molecule has 0 N–H and O–H groups in total. The monoisotopic (exact) mass is 368 g/mol. The van der Waals surface area contributed by atoms with E-state index in [0.29, 0.717) is 30.8 Å². The molecular weight excluding hydrogens is 348 g/mol. The third-order valence-electron chi connectivity index (χ3n) is 4.96. The van der Waals surface area contributed by atoms with E-state index in [4.69, 9.17) is 4.74 Å². The van der Waals surface area contributed by atoms with Crippen molar-refractivity contribution in [3.8, 4) is 0 Å². The fourth-order valence-electron chi connectivity index (χ4n) is 3.41. The number of nitro groups is 1. The van der Waals surface area contributed by atoms with E-state index >= 15 is 0 Å². The van der Waals surface area contributed by atoms with Crippen LogP contribution >= 0.6 is 0 Å². The summed E-state index contributed by atoms with van der Waals surface area (Å²) in [5.41, 5.74) is 0.273. The molecule has 0 amide bonds. The average molecular weight is 368 g/mol. The minimum atomic E-state index is -0.707. The van der Waals surface area contributed by atoms with Crippen molar-refractivity contribution in [1.82, 2.24) is 0 Å². The predicted molar refractivity (Wildman–Crippen MR) is 99.9 cm³/mol. The van der Waals surface area contributed by atoms with Gasteiger partial charge < -0.3 is 9.64 Å². The van der Waals surface area contributed by atoms with Crippen molar-refractivity contribution in [2.45, 2.75) is 13.3 Å². The van der Waals surface area contributed by atoms with Gasteiger partial charge in [0, 0.05) is 30.3 Å². The summed E-state index contributed by atoms with van der Waals surface area (Å²) in [6.45, 7) is 2.61. The van der Waals surface area contributed by atoms with Crippen molar-refractivity contribution in [2.24, 2.45) is 5.41 Å². The van der Waals surface area contributed by atoms with E-state index in [2.05, 4.69) is 0 Å². The predicted octanol–water partition coefficient (Wildman–Crippen LogP) is 3.22. The molecule has 1 heterocycles. The van der Waals surface area contributed by atoms with Gasteiger partial charge in [0.25, 0.3) is 5.69 Å². The first-order chi connectivity index (χ1) is 12.9. The highest BCUT2D eigenvalue weighted by Gasteiger charge is 2.42. The van der Waals surface area contributed by atoms with E-state index in [-0.39, 0.29) is 23.0 Å². The van der Waals surface area contributed by atoms with Crippen LogP contribution in [0, 0.1) is 15.5 Å². The van der Waals surface area contributed by atoms with Crippen LogP contribution in [-0.4, -0.2) is 36.9 Å². The summed E-state index contributed by atoms with van der Waals surface area (Å²) >= 11 is 0. The Balaban J connectivity index is 1.93. The minimum absolute atomic E-state index is 0.147. The zero-order chi connectivity index (χ0) is 19.6. The molecule has 1 fully saturated rings. The highest BCUT2D eigenvalue weighted by atomic mass is 16.6. The molecule has 2 aromatic carbocycles. The number of nitrogens with zero attached hydrogens (tertiary/aromatic N) is 2. The van der Waals surface area contributed by atoms with Crippen molar-refractivity contribution >= 4 is 23.1 Å². The van der Waals surface area contributed by atoms with Crippen LogP contribution in [0.4, 0.5) is 11.4 Å². The molecule has 7 heteroatoms. The van der Waals surface area contributed by atoms with Crippen molar-refractivity contribution in [1.29, 1.82) is 0 Å². The lowest BCUT2D eigenvalue weighted by Crippen LogP contribution is -2.33. The number of hydrogen-bond donors (Lipinski definition) is 0. The molecule has 27 heavy (non-hydrogen) atoms. The first kappa shape index (κ1) is 18.6. The molecule has 1 unspecified atom stereocenters. The van der Waals surface area contributed by atoms with E-state index < -0.39 is 10.3 Å². The maximum Gasteiger partial charge on any atom is 0.313 e. The van der Waals surface area contributed by atoms with Crippen LogP contribution in [0.25, 0.3) is 0 Å². The molecule has 7 nitrogen and oxygen atoms in total. The van der Waals surface area contributed by atoms with E-state index in [1.807, 2.05) is 0 Å². The van der Waals surface area contributed by atoms with Crippen molar-refractivity contribution in [2.75, 3.05) is 25.1 Å². The Hall–Kier alpha value is -3.22. The molecule has 0 bridgehead atoms. The molecule has 0 radical (unpaired) electrons. The second kappa shape index (κ2) is 7.19. The number of carbonyl (C=O) groups is 2. The van der Waals surface area contributed by atoms with Gasteiger partial charge in [-0.2, -0.15) is 0 Å².